The summed E-state index contributed by atoms with van der Waals surface area (Å²) < 4.78 is 5.04. The van der Waals surface area contributed by atoms with Gasteiger partial charge >= 0.3 is 0 Å². The average molecular weight is 144 g/mol. The lowest BCUT2D eigenvalue weighted by molar-refractivity contribution is 0.215. The van der Waals surface area contributed by atoms with Gasteiger partial charge in [0.2, 0.25) is 0 Å². The average Bonchev–Trinajstić information content (AvgIpc) is 2.34. The monoisotopic (exact) mass is 144 g/mol. The normalized spacial score (nSPS) is 21.0. The van der Waals surface area contributed by atoms with E-state index in [1.807, 2.05) is 7.11 Å². The van der Waals surface area contributed by atoms with E-state index in [0.717, 1.165) is 6.61 Å². The van der Waals surface area contributed by atoms with Gasteiger partial charge in [0.1, 0.15) is 0 Å². The predicted octanol–water partition coefficient (Wildman–Crippen LogP) is 1.65. The second-order valence-electron chi connectivity index (χ2n) is 2.93. The van der Waals surface area contributed by atoms with Crippen molar-refractivity contribution in [2.45, 2.75) is 31.0 Å². The van der Waals surface area contributed by atoms with Crippen LogP contribution >= 0.6 is 0 Å². The molecule has 2 heteroatoms. The van der Waals surface area contributed by atoms with E-state index in [9.17, 15) is 0 Å². The van der Waals surface area contributed by atoms with Gasteiger partial charge in [-0.25, -0.2) is 0 Å². The van der Waals surface area contributed by atoms with E-state index in [0.29, 0.717) is 0 Å². The van der Waals surface area contributed by atoms with Crippen LogP contribution in [0.4, 0.5) is 0 Å². The Kier molecular flexibility index (Phi) is 3.29. The zero-order valence-corrected chi connectivity index (χ0v) is 7.38. The molecule has 0 amide bonds. The molecule has 1 fully saturated rings. The summed E-state index contributed by atoms with van der Waals surface area (Å²) in [5.74, 6) is 0. The minimum absolute atomic E-state index is 0.224. The smallest absolute Gasteiger partial charge is 0.0436 e. The molecule has 9 heavy (non-hydrogen) atoms. The fraction of sp³-hybridized carbons (Fsp3) is 1.00. The van der Waals surface area contributed by atoms with Crippen molar-refractivity contribution in [3.8, 4) is 0 Å². The topological polar surface area (TPSA) is 9.23 Å². The molecule has 0 N–H and O–H groups in total. The predicted molar refractivity (Wildman–Crippen MR) is 42.7 cm³/mol. The zero-order chi connectivity index (χ0) is 6.53. The SMILES string of the molecule is COCC[SiH]1CCCC1. The highest BCUT2D eigenvalue weighted by molar-refractivity contribution is 6.59. The van der Waals surface area contributed by atoms with Crippen molar-refractivity contribution in [3.63, 3.8) is 0 Å². The summed E-state index contributed by atoms with van der Waals surface area (Å²) in [7, 11) is 1.59. The van der Waals surface area contributed by atoms with Gasteiger partial charge in [0.25, 0.3) is 0 Å². The van der Waals surface area contributed by atoms with E-state index in [-0.39, 0.29) is 8.80 Å². The molecule has 0 saturated carbocycles. The molecule has 0 aliphatic carbocycles. The molecular weight excluding hydrogens is 128 g/mol. The van der Waals surface area contributed by atoms with Crippen molar-refractivity contribution in [1.82, 2.24) is 0 Å². The summed E-state index contributed by atoms with van der Waals surface area (Å²) in [5.41, 5.74) is 0. The molecule has 0 spiro atoms. The second kappa shape index (κ2) is 4.07. The minimum atomic E-state index is -0.224. The van der Waals surface area contributed by atoms with Crippen LogP contribution in [0.15, 0.2) is 0 Å². The summed E-state index contributed by atoms with van der Waals surface area (Å²) >= 11 is 0. The molecule has 1 nitrogen and oxygen atoms in total. The van der Waals surface area contributed by atoms with Crippen LogP contribution in [0.1, 0.15) is 12.8 Å². The standard InChI is InChI=1S/C7H16OSi/c1-8-4-7-9-5-2-3-6-9/h9H,2-7H2,1H3. The highest BCUT2D eigenvalue weighted by Crippen LogP contribution is 2.21. The fourth-order valence-electron chi connectivity index (χ4n) is 1.58. The lowest BCUT2D eigenvalue weighted by Crippen LogP contribution is -2.08. The maximum atomic E-state index is 5.04. The Morgan fingerprint density at radius 3 is 2.56 bits per heavy atom. The first-order valence-electron chi connectivity index (χ1n) is 3.92. The second-order valence-corrected chi connectivity index (χ2v) is 6.40. The van der Waals surface area contributed by atoms with Gasteiger partial charge in [-0.05, 0) is 6.04 Å². The Morgan fingerprint density at radius 2 is 2.00 bits per heavy atom. The van der Waals surface area contributed by atoms with Crippen LogP contribution in [0, 0.1) is 0 Å². The summed E-state index contributed by atoms with van der Waals surface area (Å²) in [6.45, 7) is 1.02. The van der Waals surface area contributed by atoms with Gasteiger partial charge in [-0.3, -0.25) is 0 Å². The van der Waals surface area contributed by atoms with Crippen molar-refractivity contribution in [2.24, 2.45) is 0 Å². The minimum Gasteiger partial charge on any atom is -0.385 e. The molecule has 1 aliphatic heterocycles. The van der Waals surface area contributed by atoms with Crippen LogP contribution in [0.5, 0.6) is 0 Å². The van der Waals surface area contributed by atoms with E-state index >= 15 is 0 Å². The largest absolute Gasteiger partial charge is 0.385 e. The molecular formula is C7H16OSi. The molecule has 1 saturated heterocycles. The third kappa shape index (κ3) is 2.50. The number of hydrogen-bond acceptors (Lipinski definition) is 1. The van der Waals surface area contributed by atoms with Crippen LogP contribution in [0.25, 0.3) is 0 Å². The molecule has 54 valence electrons. The molecule has 0 aromatic heterocycles. The van der Waals surface area contributed by atoms with Crippen LogP contribution < -0.4 is 0 Å². The first-order valence-corrected chi connectivity index (χ1v) is 6.37. The van der Waals surface area contributed by atoms with Crippen LogP contribution in [0.2, 0.25) is 18.1 Å². The molecule has 1 aliphatic rings. The molecule has 1 heterocycles. The zero-order valence-electron chi connectivity index (χ0n) is 6.23. The number of rotatable bonds is 3. The molecule has 0 aromatic rings. The molecule has 1 rings (SSSR count). The highest BCUT2D eigenvalue weighted by Gasteiger charge is 2.15. The quantitative estimate of drug-likeness (QED) is 0.547. The first kappa shape index (κ1) is 7.29. The van der Waals surface area contributed by atoms with Crippen molar-refractivity contribution in [3.05, 3.63) is 0 Å². The Bertz CT molecular complexity index is 69.3. The van der Waals surface area contributed by atoms with Gasteiger partial charge in [-0.15, -0.1) is 0 Å². The maximum Gasteiger partial charge on any atom is 0.0436 e. The van der Waals surface area contributed by atoms with Crippen molar-refractivity contribution >= 4 is 8.80 Å². The van der Waals surface area contributed by atoms with Gasteiger partial charge in [-0.1, -0.05) is 24.9 Å². The summed E-state index contributed by atoms with van der Waals surface area (Å²) in [5, 5.41) is 0. The van der Waals surface area contributed by atoms with E-state index in [2.05, 4.69) is 0 Å². The summed E-state index contributed by atoms with van der Waals surface area (Å²) in [4.78, 5) is 0. The Morgan fingerprint density at radius 1 is 1.33 bits per heavy atom. The summed E-state index contributed by atoms with van der Waals surface area (Å²) in [6.07, 6.45) is 3.03. The van der Waals surface area contributed by atoms with Crippen LogP contribution in [-0.2, 0) is 4.74 Å². The van der Waals surface area contributed by atoms with Crippen molar-refractivity contribution in [2.75, 3.05) is 13.7 Å². The van der Waals surface area contributed by atoms with Crippen molar-refractivity contribution in [1.29, 1.82) is 0 Å². The van der Waals surface area contributed by atoms with E-state index < -0.39 is 0 Å². The van der Waals surface area contributed by atoms with E-state index in [1.165, 1.54) is 18.9 Å². The van der Waals surface area contributed by atoms with Gasteiger partial charge < -0.3 is 4.74 Å². The summed E-state index contributed by atoms with van der Waals surface area (Å²) in [6, 6.07) is 4.60. The first-order chi connectivity index (χ1) is 4.43. The molecule has 0 radical (unpaired) electrons. The fourth-order valence-corrected chi connectivity index (χ4v) is 4.75. The molecule has 0 aromatic carbocycles. The lowest BCUT2D eigenvalue weighted by Gasteiger charge is -2.03. The van der Waals surface area contributed by atoms with E-state index in [4.69, 9.17) is 4.74 Å². The molecule has 0 unspecified atom stereocenters. The van der Waals surface area contributed by atoms with Crippen LogP contribution in [-0.4, -0.2) is 22.5 Å². The van der Waals surface area contributed by atoms with Gasteiger partial charge in [0.15, 0.2) is 0 Å². The van der Waals surface area contributed by atoms with Crippen LogP contribution in [0.3, 0.4) is 0 Å². The Hall–Kier alpha value is 0.177. The van der Waals surface area contributed by atoms with Gasteiger partial charge in [0, 0.05) is 22.5 Å². The third-order valence-electron chi connectivity index (χ3n) is 2.20. The number of hydrogen-bond donors (Lipinski definition) is 0. The molecule has 0 bridgehead atoms. The van der Waals surface area contributed by atoms with Gasteiger partial charge in [0.05, 0.1) is 0 Å². The highest BCUT2D eigenvalue weighted by atomic mass is 28.3. The third-order valence-corrected chi connectivity index (χ3v) is 5.71. The Labute approximate surface area is 59.0 Å². The van der Waals surface area contributed by atoms with Gasteiger partial charge in [-0.2, -0.15) is 0 Å². The lowest BCUT2D eigenvalue weighted by atomic mass is 10.4. The number of methoxy groups -OCH3 is 1. The van der Waals surface area contributed by atoms with E-state index in [1.54, 1.807) is 12.1 Å². The molecule has 0 atom stereocenters. The maximum absolute atomic E-state index is 5.04. The van der Waals surface area contributed by atoms with Crippen molar-refractivity contribution < 1.29 is 4.74 Å². The Balaban J connectivity index is 1.98. The number of ether oxygens (including phenoxy) is 1.